The predicted octanol–water partition coefficient (Wildman–Crippen LogP) is 14.5. The summed E-state index contributed by atoms with van der Waals surface area (Å²) in [5.74, 6) is 0. The normalized spacial score (nSPS) is 11.6. The van der Waals surface area contributed by atoms with Gasteiger partial charge in [0.25, 0.3) is 0 Å². The number of benzene rings is 8. The van der Waals surface area contributed by atoms with E-state index in [0.29, 0.717) is 0 Å². The Morgan fingerprint density at radius 2 is 1.13 bits per heavy atom. The first-order valence-electron chi connectivity index (χ1n) is 18.6. The molecule has 8 aromatic carbocycles. The molecule has 3 aromatic heterocycles. The number of rotatable bonds is 6. The summed E-state index contributed by atoms with van der Waals surface area (Å²) in [5, 5.41) is 8.82. The van der Waals surface area contributed by atoms with Crippen molar-refractivity contribution < 1.29 is 0 Å². The van der Waals surface area contributed by atoms with Crippen molar-refractivity contribution in [1.82, 2.24) is 9.55 Å². The molecule has 3 nitrogen and oxygen atoms in total. The highest BCUT2D eigenvalue weighted by molar-refractivity contribution is 7.26. The number of thiophene rings is 1. The highest BCUT2D eigenvalue weighted by atomic mass is 32.1. The van der Waals surface area contributed by atoms with Crippen molar-refractivity contribution in [2.45, 2.75) is 0 Å². The molecule has 0 amide bonds. The Labute approximate surface area is 322 Å². The minimum absolute atomic E-state index is 1.10. The fourth-order valence-corrected chi connectivity index (χ4v) is 9.70. The van der Waals surface area contributed by atoms with E-state index in [1.165, 1.54) is 63.7 Å². The molecule has 0 fully saturated rings. The number of para-hydroxylation sites is 3. The number of nitrogens with zero attached hydrogens (tertiary/aromatic N) is 3. The lowest BCUT2D eigenvalue weighted by atomic mass is 9.84. The van der Waals surface area contributed by atoms with Gasteiger partial charge in [0.15, 0.2) is 0 Å². The van der Waals surface area contributed by atoms with Gasteiger partial charge in [-0.25, -0.2) is 0 Å². The van der Waals surface area contributed by atoms with E-state index in [9.17, 15) is 0 Å². The van der Waals surface area contributed by atoms with Gasteiger partial charge < -0.3 is 9.47 Å². The fraction of sp³-hybridized carbons (Fsp3) is 0. The summed E-state index contributed by atoms with van der Waals surface area (Å²) in [6.07, 6.45) is 6.09. The molecule has 0 saturated heterocycles. The van der Waals surface area contributed by atoms with Crippen molar-refractivity contribution in [3.05, 3.63) is 201 Å². The van der Waals surface area contributed by atoms with Crippen molar-refractivity contribution >= 4 is 81.0 Å². The summed E-state index contributed by atoms with van der Waals surface area (Å²) in [4.78, 5) is 6.99. The Hall–Kier alpha value is -7.01. The minimum atomic E-state index is 1.10. The van der Waals surface area contributed by atoms with E-state index >= 15 is 0 Å². The van der Waals surface area contributed by atoms with Crippen molar-refractivity contribution in [3.8, 4) is 27.9 Å². The van der Waals surface area contributed by atoms with Crippen molar-refractivity contribution in [2.24, 2.45) is 0 Å². The standard InChI is InChI=1S/C51H33N3S/c1-4-14-37(15-5-1)53-30-28-35-31-44-45(32-46(35)53)48(34-22-24-40(25-23-34)54(38-16-6-2-7-17-38)39-18-8-3-9-19-39)49(36-13-12-29-52-33-36)43-27-26-42-41-20-10-11-21-47(41)55-51(42)50(43)44/h1-33H. The number of hydrogen-bond acceptors (Lipinski definition) is 3. The van der Waals surface area contributed by atoms with Gasteiger partial charge in [-0.15, -0.1) is 11.3 Å². The van der Waals surface area contributed by atoms with Crippen molar-refractivity contribution in [1.29, 1.82) is 0 Å². The van der Waals surface area contributed by atoms with E-state index in [4.69, 9.17) is 0 Å². The van der Waals surface area contributed by atoms with Crippen LogP contribution < -0.4 is 4.90 Å². The van der Waals surface area contributed by atoms with Crippen LogP contribution in [-0.2, 0) is 0 Å². The molecule has 0 unspecified atom stereocenters. The maximum Gasteiger partial charge on any atom is 0.0535 e. The molecule has 11 aromatic rings. The molecule has 11 rings (SSSR count). The zero-order valence-electron chi connectivity index (χ0n) is 29.8. The van der Waals surface area contributed by atoms with Gasteiger partial charge in [-0.2, -0.15) is 0 Å². The van der Waals surface area contributed by atoms with E-state index in [-0.39, 0.29) is 0 Å². The third kappa shape index (κ3) is 5.14. The van der Waals surface area contributed by atoms with Crippen LogP contribution in [0.1, 0.15) is 0 Å². The predicted molar refractivity (Wildman–Crippen MR) is 235 cm³/mol. The molecular weight excluding hydrogens is 687 g/mol. The maximum atomic E-state index is 4.67. The second-order valence-electron chi connectivity index (χ2n) is 14.0. The number of aromatic nitrogens is 2. The second-order valence-corrected chi connectivity index (χ2v) is 15.0. The molecule has 0 N–H and O–H groups in total. The summed E-state index contributed by atoms with van der Waals surface area (Å²) in [7, 11) is 0. The first-order valence-corrected chi connectivity index (χ1v) is 19.4. The Morgan fingerprint density at radius 1 is 0.473 bits per heavy atom. The molecule has 3 heterocycles. The van der Waals surface area contributed by atoms with Gasteiger partial charge in [-0.05, 0) is 112 Å². The highest BCUT2D eigenvalue weighted by Crippen LogP contribution is 2.50. The van der Waals surface area contributed by atoms with Crippen LogP contribution in [0.4, 0.5) is 17.1 Å². The van der Waals surface area contributed by atoms with Crippen LogP contribution in [0, 0.1) is 0 Å². The van der Waals surface area contributed by atoms with Gasteiger partial charge in [0.2, 0.25) is 0 Å². The molecule has 0 atom stereocenters. The van der Waals surface area contributed by atoms with Gasteiger partial charge in [0, 0.05) is 77.8 Å². The van der Waals surface area contributed by atoms with Crippen LogP contribution in [0.3, 0.4) is 0 Å². The summed E-state index contributed by atoms with van der Waals surface area (Å²) < 4.78 is 4.94. The molecular formula is C51H33N3S. The molecule has 0 bridgehead atoms. The molecule has 0 aliphatic carbocycles. The molecule has 0 radical (unpaired) electrons. The van der Waals surface area contributed by atoms with E-state index in [0.717, 1.165) is 33.9 Å². The molecule has 0 spiro atoms. The SMILES string of the molecule is c1ccc(N(c2ccccc2)c2ccc(-c3c(-c4cccnc4)c4ccc5c6ccccc6sc5c4c4cc5ccn(-c6ccccc6)c5cc34)cc2)cc1. The Balaban J connectivity index is 1.25. The van der Waals surface area contributed by atoms with Crippen LogP contribution in [0.2, 0.25) is 0 Å². The first kappa shape index (κ1) is 31.5. The Kier molecular flexibility index (Phi) is 7.35. The lowest BCUT2D eigenvalue weighted by Gasteiger charge is -2.26. The van der Waals surface area contributed by atoms with Crippen LogP contribution in [0.15, 0.2) is 201 Å². The quantitative estimate of drug-likeness (QED) is 0.160. The Bertz CT molecular complexity index is 3130. The van der Waals surface area contributed by atoms with Crippen LogP contribution in [0.5, 0.6) is 0 Å². The zero-order valence-corrected chi connectivity index (χ0v) is 30.6. The monoisotopic (exact) mass is 719 g/mol. The van der Waals surface area contributed by atoms with E-state index < -0.39 is 0 Å². The number of pyridine rings is 1. The van der Waals surface area contributed by atoms with Crippen molar-refractivity contribution in [2.75, 3.05) is 4.90 Å². The molecule has 0 aliphatic rings. The van der Waals surface area contributed by atoms with Gasteiger partial charge in [-0.3, -0.25) is 4.98 Å². The lowest BCUT2D eigenvalue weighted by molar-refractivity contribution is 1.13. The average Bonchev–Trinajstić information content (AvgIpc) is 3.85. The summed E-state index contributed by atoms with van der Waals surface area (Å²) in [6.45, 7) is 0. The second kappa shape index (κ2) is 12.8. The summed E-state index contributed by atoms with van der Waals surface area (Å²) in [5.41, 5.74) is 10.3. The largest absolute Gasteiger partial charge is 0.317 e. The maximum absolute atomic E-state index is 4.67. The van der Waals surface area contributed by atoms with Crippen LogP contribution in [0.25, 0.3) is 80.6 Å². The van der Waals surface area contributed by atoms with Gasteiger partial charge in [0.05, 0.1) is 5.52 Å². The third-order valence-electron chi connectivity index (χ3n) is 10.9. The third-order valence-corrected chi connectivity index (χ3v) is 12.1. The smallest absolute Gasteiger partial charge is 0.0535 e. The van der Waals surface area contributed by atoms with Gasteiger partial charge in [0.1, 0.15) is 0 Å². The van der Waals surface area contributed by atoms with Crippen LogP contribution in [-0.4, -0.2) is 9.55 Å². The molecule has 0 aliphatic heterocycles. The van der Waals surface area contributed by atoms with E-state index in [1.54, 1.807) is 0 Å². The minimum Gasteiger partial charge on any atom is -0.317 e. The summed E-state index contributed by atoms with van der Waals surface area (Å²) >= 11 is 1.89. The topological polar surface area (TPSA) is 21.1 Å². The van der Waals surface area contributed by atoms with E-state index in [1.807, 2.05) is 23.7 Å². The fourth-order valence-electron chi connectivity index (χ4n) is 8.43. The Morgan fingerprint density at radius 3 is 1.85 bits per heavy atom. The molecule has 4 heteroatoms. The van der Waals surface area contributed by atoms with Gasteiger partial charge >= 0.3 is 0 Å². The lowest BCUT2D eigenvalue weighted by Crippen LogP contribution is -2.09. The number of anilines is 3. The number of fused-ring (bicyclic) bond motifs is 8. The first-order chi connectivity index (χ1) is 27.3. The van der Waals surface area contributed by atoms with Crippen molar-refractivity contribution in [3.63, 3.8) is 0 Å². The average molecular weight is 720 g/mol. The van der Waals surface area contributed by atoms with Gasteiger partial charge in [-0.1, -0.05) is 103 Å². The van der Waals surface area contributed by atoms with E-state index in [2.05, 4.69) is 203 Å². The summed E-state index contributed by atoms with van der Waals surface area (Å²) in [6, 6.07) is 65.8. The molecule has 0 saturated carbocycles. The number of hydrogen-bond donors (Lipinski definition) is 0. The zero-order chi connectivity index (χ0) is 36.3. The highest BCUT2D eigenvalue weighted by Gasteiger charge is 2.23. The van der Waals surface area contributed by atoms with Crippen LogP contribution >= 0.6 is 11.3 Å². The molecule has 258 valence electrons. The molecule has 55 heavy (non-hydrogen) atoms.